The third-order valence-corrected chi connectivity index (χ3v) is 3.96. The van der Waals surface area contributed by atoms with Crippen molar-refractivity contribution in [2.45, 2.75) is 25.0 Å². The lowest BCUT2D eigenvalue weighted by Gasteiger charge is -2.47. The standard InChI is InChI=1S/C13H15FN2O3/c14-11-3-4-12(16(18)19)9(5-11)6-15-7-13(17,8-15)10-1-2-10/h3-5,10,17H,1-2,6-8H2. The van der Waals surface area contributed by atoms with Crippen molar-refractivity contribution in [1.82, 2.24) is 4.90 Å². The molecule has 1 N–H and O–H groups in total. The van der Waals surface area contributed by atoms with Gasteiger partial charge in [0, 0.05) is 31.3 Å². The zero-order valence-electron chi connectivity index (χ0n) is 10.4. The van der Waals surface area contributed by atoms with Gasteiger partial charge < -0.3 is 5.11 Å². The highest BCUT2D eigenvalue weighted by molar-refractivity contribution is 5.40. The number of hydrogen-bond acceptors (Lipinski definition) is 4. The molecule has 0 bridgehead atoms. The molecule has 1 heterocycles. The second kappa shape index (κ2) is 4.25. The summed E-state index contributed by atoms with van der Waals surface area (Å²) in [5, 5.41) is 21.1. The summed E-state index contributed by atoms with van der Waals surface area (Å²) < 4.78 is 13.2. The molecule has 5 nitrogen and oxygen atoms in total. The third-order valence-electron chi connectivity index (χ3n) is 3.96. The summed E-state index contributed by atoms with van der Waals surface area (Å²) in [5.41, 5.74) is -0.326. The second-order valence-electron chi connectivity index (χ2n) is 5.55. The fourth-order valence-corrected chi connectivity index (χ4v) is 2.82. The second-order valence-corrected chi connectivity index (χ2v) is 5.55. The van der Waals surface area contributed by atoms with Crippen LogP contribution in [0.5, 0.6) is 0 Å². The molecule has 1 aromatic carbocycles. The molecule has 2 aliphatic rings. The predicted octanol–water partition coefficient (Wildman–Crippen LogP) is 1.69. The fourth-order valence-electron chi connectivity index (χ4n) is 2.82. The van der Waals surface area contributed by atoms with Crippen LogP contribution in [0.3, 0.4) is 0 Å². The highest BCUT2D eigenvalue weighted by atomic mass is 19.1. The topological polar surface area (TPSA) is 66.6 Å². The summed E-state index contributed by atoms with van der Waals surface area (Å²) in [6, 6.07) is 3.49. The molecule has 1 aliphatic carbocycles. The van der Waals surface area contributed by atoms with Gasteiger partial charge in [-0.05, 0) is 30.9 Å². The first-order valence-corrected chi connectivity index (χ1v) is 6.35. The van der Waals surface area contributed by atoms with E-state index < -0.39 is 16.3 Å². The van der Waals surface area contributed by atoms with Gasteiger partial charge in [-0.1, -0.05) is 0 Å². The molecule has 0 amide bonds. The molecule has 0 atom stereocenters. The van der Waals surface area contributed by atoms with E-state index in [1.54, 1.807) is 0 Å². The van der Waals surface area contributed by atoms with E-state index in [1.165, 1.54) is 12.1 Å². The Bertz CT molecular complexity index is 525. The quantitative estimate of drug-likeness (QED) is 0.665. The Balaban J connectivity index is 1.70. The Morgan fingerprint density at radius 3 is 2.74 bits per heavy atom. The number of nitrogens with zero attached hydrogens (tertiary/aromatic N) is 2. The van der Waals surface area contributed by atoms with E-state index in [-0.39, 0.29) is 5.69 Å². The maximum atomic E-state index is 13.2. The lowest BCUT2D eigenvalue weighted by atomic mass is 9.88. The fraction of sp³-hybridized carbons (Fsp3) is 0.538. The zero-order valence-corrected chi connectivity index (χ0v) is 10.4. The van der Waals surface area contributed by atoms with Crippen LogP contribution < -0.4 is 0 Å². The van der Waals surface area contributed by atoms with Gasteiger partial charge in [0.05, 0.1) is 10.5 Å². The maximum Gasteiger partial charge on any atom is 0.274 e. The summed E-state index contributed by atoms with van der Waals surface area (Å²) >= 11 is 0. The van der Waals surface area contributed by atoms with Gasteiger partial charge in [0.15, 0.2) is 0 Å². The number of benzene rings is 1. The lowest BCUT2D eigenvalue weighted by molar-refractivity contribution is -0.385. The van der Waals surface area contributed by atoms with Crippen LogP contribution in [-0.4, -0.2) is 33.6 Å². The first-order valence-electron chi connectivity index (χ1n) is 6.35. The van der Waals surface area contributed by atoms with Crippen molar-refractivity contribution in [3.8, 4) is 0 Å². The van der Waals surface area contributed by atoms with Crippen LogP contribution in [0, 0.1) is 21.8 Å². The van der Waals surface area contributed by atoms with Crippen LogP contribution in [0.15, 0.2) is 18.2 Å². The Morgan fingerprint density at radius 2 is 2.16 bits per heavy atom. The average molecular weight is 266 g/mol. The largest absolute Gasteiger partial charge is 0.387 e. The average Bonchev–Trinajstić information content (AvgIpc) is 3.10. The lowest BCUT2D eigenvalue weighted by Crippen LogP contribution is -2.62. The molecule has 1 saturated carbocycles. The van der Waals surface area contributed by atoms with E-state index >= 15 is 0 Å². The SMILES string of the molecule is O=[N+]([O-])c1ccc(F)cc1CN1CC(O)(C2CC2)C1. The number of rotatable bonds is 4. The molecule has 102 valence electrons. The molecule has 1 saturated heterocycles. The maximum absolute atomic E-state index is 13.2. The Labute approximate surface area is 109 Å². The van der Waals surface area contributed by atoms with Gasteiger partial charge in [0.25, 0.3) is 5.69 Å². The van der Waals surface area contributed by atoms with E-state index in [1.807, 2.05) is 4.90 Å². The molecule has 3 rings (SSSR count). The highest BCUT2D eigenvalue weighted by Gasteiger charge is 2.51. The summed E-state index contributed by atoms with van der Waals surface area (Å²) in [4.78, 5) is 12.3. The van der Waals surface area contributed by atoms with Crippen LogP contribution in [0.4, 0.5) is 10.1 Å². The number of nitro benzene ring substituents is 1. The van der Waals surface area contributed by atoms with Crippen molar-refractivity contribution < 1.29 is 14.4 Å². The summed E-state index contributed by atoms with van der Waals surface area (Å²) in [5.74, 6) is -0.0928. The molecule has 1 aliphatic heterocycles. The molecule has 2 fully saturated rings. The zero-order chi connectivity index (χ0) is 13.6. The van der Waals surface area contributed by atoms with Gasteiger partial charge >= 0.3 is 0 Å². The van der Waals surface area contributed by atoms with Crippen molar-refractivity contribution in [3.05, 3.63) is 39.7 Å². The molecular formula is C13H15FN2O3. The number of halogens is 1. The van der Waals surface area contributed by atoms with Crippen molar-refractivity contribution >= 4 is 5.69 Å². The van der Waals surface area contributed by atoms with Gasteiger partial charge in [-0.2, -0.15) is 0 Å². The highest BCUT2D eigenvalue weighted by Crippen LogP contribution is 2.45. The van der Waals surface area contributed by atoms with E-state index in [0.717, 1.165) is 18.9 Å². The molecule has 1 aromatic rings. The molecular weight excluding hydrogens is 251 g/mol. The van der Waals surface area contributed by atoms with Gasteiger partial charge in [0.2, 0.25) is 0 Å². The molecule has 19 heavy (non-hydrogen) atoms. The summed E-state index contributed by atoms with van der Waals surface area (Å²) in [6.07, 6.45) is 2.12. The minimum absolute atomic E-state index is 0.0664. The smallest absolute Gasteiger partial charge is 0.274 e. The molecule has 0 unspecified atom stereocenters. The van der Waals surface area contributed by atoms with Crippen LogP contribution in [-0.2, 0) is 6.54 Å². The molecule has 6 heteroatoms. The van der Waals surface area contributed by atoms with Gasteiger partial charge in [-0.15, -0.1) is 0 Å². The van der Waals surface area contributed by atoms with Crippen LogP contribution in [0.25, 0.3) is 0 Å². The first-order chi connectivity index (χ1) is 8.98. The minimum atomic E-state index is -0.623. The normalized spacial score (nSPS) is 22.0. The number of hydrogen-bond donors (Lipinski definition) is 1. The van der Waals surface area contributed by atoms with Gasteiger partial charge in [0.1, 0.15) is 5.82 Å². The Kier molecular flexibility index (Phi) is 2.79. The number of β-amino-alcohol motifs (C(OH)–C–C–N with tert-alkyl or cyclic N) is 1. The summed E-state index contributed by atoms with van der Waals surface area (Å²) in [7, 11) is 0. The van der Waals surface area contributed by atoms with Crippen molar-refractivity contribution in [2.75, 3.05) is 13.1 Å². The van der Waals surface area contributed by atoms with Crippen LogP contribution in [0.1, 0.15) is 18.4 Å². The first kappa shape index (κ1) is 12.5. The van der Waals surface area contributed by atoms with E-state index in [9.17, 15) is 19.6 Å². The minimum Gasteiger partial charge on any atom is -0.387 e. The molecule has 0 spiro atoms. The Morgan fingerprint density at radius 1 is 1.47 bits per heavy atom. The third kappa shape index (κ3) is 2.33. The van der Waals surface area contributed by atoms with Crippen LogP contribution >= 0.6 is 0 Å². The molecule has 0 radical (unpaired) electrons. The van der Waals surface area contributed by atoms with Gasteiger partial charge in [-0.25, -0.2) is 4.39 Å². The van der Waals surface area contributed by atoms with Crippen molar-refractivity contribution in [1.29, 1.82) is 0 Å². The van der Waals surface area contributed by atoms with Crippen molar-refractivity contribution in [2.24, 2.45) is 5.92 Å². The monoisotopic (exact) mass is 266 g/mol. The number of likely N-dealkylation sites (tertiary alicyclic amines) is 1. The van der Waals surface area contributed by atoms with Crippen LogP contribution in [0.2, 0.25) is 0 Å². The van der Waals surface area contributed by atoms with E-state index in [0.29, 0.717) is 31.1 Å². The number of aliphatic hydroxyl groups is 1. The Hall–Kier alpha value is -1.53. The summed E-state index contributed by atoms with van der Waals surface area (Å²) in [6.45, 7) is 1.35. The number of nitro groups is 1. The van der Waals surface area contributed by atoms with E-state index in [4.69, 9.17) is 0 Å². The molecule has 0 aromatic heterocycles. The van der Waals surface area contributed by atoms with E-state index in [2.05, 4.69) is 0 Å². The van der Waals surface area contributed by atoms with Gasteiger partial charge in [-0.3, -0.25) is 15.0 Å². The predicted molar refractivity (Wildman–Crippen MR) is 66.0 cm³/mol. The van der Waals surface area contributed by atoms with Crippen molar-refractivity contribution in [3.63, 3.8) is 0 Å².